The Kier molecular flexibility index (Phi) is 3.40. The standard InChI is InChI=1S/C14H18N4O2/c1-14(2,3)20-13(19)18-11(8-12(16)17-18)9-4-6-10(15)7-5-9/h4-8H,15H2,1-3H3,(H2,16,17). The lowest BCUT2D eigenvalue weighted by atomic mass is 10.1. The van der Waals surface area contributed by atoms with Gasteiger partial charge in [0.25, 0.3) is 0 Å². The highest BCUT2D eigenvalue weighted by molar-refractivity contribution is 5.79. The monoisotopic (exact) mass is 274 g/mol. The van der Waals surface area contributed by atoms with Gasteiger partial charge in [-0.25, -0.2) is 4.79 Å². The van der Waals surface area contributed by atoms with Crippen molar-refractivity contribution in [3.8, 4) is 11.3 Å². The Bertz CT molecular complexity index is 624. The fourth-order valence-corrected chi connectivity index (χ4v) is 1.70. The number of rotatable bonds is 1. The van der Waals surface area contributed by atoms with Crippen LogP contribution in [0, 0.1) is 0 Å². The summed E-state index contributed by atoms with van der Waals surface area (Å²) in [6.45, 7) is 5.38. The van der Waals surface area contributed by atoms with E-state index in [1.165, 1.54) is 0 Å². The van der Waals surface area contributed by atoms with Crippen molar-refractivity contribution in [1.29, 1.82) is 0 Å². The van der Waals surface area contributed by atoms with Gasteiger partial charge in [-0.2, -0.15) is 4.68 Å². The molecule has 106 valence electrons. The molecule has 0 bridgehead atoms. The van der Waals surface area contributed by atoms with E-state index >= 15 is 0 Å². The lowest BCUT2D eigenvalue weighted by Crippen LogP contribution is -2.28. The second-order valence-electron chi connectivity index (χ2n) is 5.47. The van der Waals surface area contributed by atoms with Gasteiger partial charge in [-0.1, -0.05) is 12.1 Å². The van der Waals surface area contributed by atoms with Crippen molar-refractivity contribution in [1.82, 2.24) is 9.78 Å². The van der Waals surface area contributed by atoms with Crippen molar-refractivity contribution in [3.05, 3.63) is 30.3 Å². The Hall–Kier alpha value is -2.50. The zero-order valence-corrected chi connectivity index (χ0v) is 11.8. The lowest BCUT2D eigenvalue weighted by Gasteiger charge is -2.19. The van der Waals surface area contributed by atoms with E-state index in [1.54, 1.807) is 51.1 Å². The molecule has 2 aromatic rings. The van der Waals surface area contributed by atoms with Crippen molar-refractivity contribution >= 4 is 17.6 Å². The van der Waals surface area contributed by atoms with Crippen LogP contribution in [0.25, 0.3) is 11.3 Å². The maximum absolute atomic E-state index is 12.1. The Morgan fingerprint density at radius 3 is 2.35 bits per heavy atom. The predicted octanol–water partition coefficient (Wildman–Crippen LogP) is 2.50. The summed E-state index contributed by atoms with van der Waals surface area (Å²) < 4.78 is 6.46. The quantitative estimate of drug-likeness (QED) is 0.779. The van der Waals surface area contributed by atoms with E-state index < -0.39 is 11.7 Å². The number of nitrogens with zero attached hydrogens (tertiary/aromatic N) is 2. The molecule has 6 nitrogen and oxygen atoms in total. The molecule has 6 heteroatoms. The zero-order chi connectivity index (χ0) is 14.9. The van der Waals surface area contributed by atoms with Crippen LogP contribution < -0.4 is 11.5 Å². The second-order valence-corrected chi connectivity index (χ2v) is 5.47. The topological polar surface area (TPSA) is 96.2 Å². The van der Waals surface area contributed by atoms with Gasteiger partial charge in [0, 0.05) is 17.3 Å². The highest BCUT2D eigenvalue weighted by atomic mass is 16.6. The molecular formula is C14H18N4O2. The van der Waals surface area contributed by atoms with Crippen LogP contribution in [0.3, 0.4) is 0 Å². The number of nitrogen functional groups attached to an aromatic ring is 2. The van der Waals surface area contributed by atoms with Crippen LogP contribution in [-0.2, 0) is 4.74 Å². The van der Waals surface area contributed by atoms with E-state index in [0.717, 1.165) is 10.2 Å². The molecule has 20 heavy (non-hydrogen) atoms. The van der Waals surface area contributed by atoms with Gasteiger partial charge >= 0.3 is 6.09 Å². The molecule has 0 radical (unpaired) electrons. The molecule has 0 amide bonds. The minimum Gasteiger partial charge on any atom is -0.442 e. The summed E-state index contributed by atoms with van der Waals surface area (Å²) in [6.07, 6.45) is -0.568. The number of benzene rings is 1. The number of ether oxygens (including phenoxy) is 1. The fourth-order valence-electron chi connectivity index (χ4n) is 1.70. The Labute approximate surface area is 117 Å². The highest BCUT2D eigenvalue weighted by Gasteiger charge is 2.21. The van der Waals surface area contributed by atoms with Crippen LogP contribution in [0.2, 0.25) is 0 Å². The number of hydrogen-bond acceptors (Lipinski definition) is 5. The molecule has 0 spiro atoms. The third kappa shape index (κ3) is 3.09. The van der Waals surface area contributed by atoms with Gasteiger partial charge in [0.15, 0.2) is 0 Å². The molecule has 1 aromatic heterocycles. The first-order chi connectivity index (χ1) is 9.26. The number of carbonyl (C=O) groups excluding carboxylic acids is 1. The van der Waals surface area contributed by atoms with Crippen LogP contribution in [0.5, 0.6) is 0 Å². The Balaban J connectivity index is 2.40. The molecule has 0 aliphatic rings. The predicted molar refractivity (Wildman–Crippen MR) is 78.1 cm³/mol. The third-order valence-corrected chi connectivity index (χ3v) is 2.50. The largest absolute Gasteiger partial charge is 0.442 e. The zero-order valence-electron chi connectivity index (χ0n) is 11.8. The molecule has 1 aromatic carbocycles. The third-order valence-electron chi connectivity index (χ3n) is 2.50. The second kappa shape index (κ2) is 4.88. The van der Waals surface area contributed by atoms with Gasteiger partial charge in [0.05, 0.1) is 5.69 Å². The highest BCUT2D eigenvalue weighted by Crippen LogP contribution is 2.23. The molecular weight excluding hydrogens is 256 g/mol. The van der Waals surface area contributed by atoms with Gasteiger partial charge < -0.3 is 16.2 Å². The van der Waals surface area contributed by atoms with Crippen molar-refractivity contribution < 1.29 is 9.53 Å². The summed E-state index contributed by atoms with van der Waals surface area (Å²) in [7, 11) is 0. The molecule has 0 saturated carbocycles. The molecule has 0 saturated heterocycles. The molecule has 0 unspecified atom stereocenters. The average Bonchev–Trinajstić information content (AvgIpc) is 2.70. The number of carbonyl (C=O) groups is 1. The summed E-state index contributed by atoms with van der Waals surface area (Å²) in [5, 5.41) is 3.98. The molecule has 0 atom stereocenters. The molecule has 0 aliphatic carbocycles. The Morgan fingerprint density at radius 1 is 1.20 bits per heavy atom. The average molecular weight is 274 g/mol. The van der Waals surface area contributed by atoms with E-state index in [2.05, 4.69) is 5.10 Å². The normalized spacial score (nSPS) is 11.3. The maximum atomic E-state index is 12.1. The Morgan fingerprint density at radius 2 is 1.80 bits per heavy atom. The van der Waals surface area contributed by atoms with Gasteiger partial charge in [0.2, 0.25) is 0 Å². The summed E-state index contributed by atoms with van der Waals surface area (Å²) in [5.41, 5.74) is 12.7. The van der Waals surface area contributed by atoms with Crippen molar-refractivity contribution in [2.24, 2.45) is 0 Å². The number of aromatic nitrogens is 2. The molecule has 1 heterocycles. The van der Waals surface area contributed by atoms with Gasteiger partial charge in [-0.15, -0.1) is 5.10 Å². The van der Waals surface area contributed by atoms with Crippen LogP contribution in [0.15, 0.2) is 30.3 Å². The number of anilines is 2. The minimum absolute atomic E-state index is 0.252. The van der Waals surface area contributed by atoms with Crippen LogP contribution in [0.1, 0.15) is 20.8 Å². The SMILES string of the molecule is CC(C)(C)OC(=O)n1nc(N)cc1-c1ccc(N)cc1. The van der Waals surface area contributed by atoms with Crippen LogP contribution >= 0.6 is 0 Å². The van der Waals surface area contributed by atoms with Crippen molar-refractivity contribution in [2.45, 2.75) is 26.4 Å². The molecule has 2 rings (SSSR count). The van der Waals surface area contributed by atoms with E-state index in [4.69, 9.17) is 16.2 Å². The molecule has 4 N–H and O–H groups in total. The van der Waals surface area contributed by atoms with E-state index in [0.29, 0.717) is 11.4 Å². The summed E-state index contributed by atoms with van der Waals surface area (Å²) in [5.74, 6) is 0.252. The summed E-state index contributed by atoms with van der Waals surface area (Å²) in [4.78, 5) is 12.1. The van der Waals surface area contributed by atoms with Gasteiger partial charge in [-0.05, 0) is 32.9 Å². The summed E-state index contributed by atoms with van der Waals surface area (Å²) >= 11 is 0. The first-order valence-electron chi connectivity index (χ1n) is 6.21. The van der Waals surface area contributed by atoms with Crippen molar-refractivity contribution in [2.75, 3.05) is 11.5 Å². The van der Waals surface area contributed by atoms with E-state index in [1.807, 2.05) is 0 Å². The van der Waals surface area contributed by atoms with E-state index in [9.17, 15) is 4.79 Å². The summed E-state index contributed by atoms with van der Waals surface area (Å²) in [6, 6.07) is 8.71. The van der Waals surface area contributed by atoms with Crippen LogP contribution in [0.4, 0.5) is 16.3 Å². The van der Waals surface area contributed by atoms with Gasteiger partial charge in [-0.3, -0.25) is 0 Å². The van der Waals surface area contributed by atoms with Crippen LogP contribution in [-0.4, -0.2) is 21.5 Å². The van der Waals surface area contributed by atoms with E-state index in [-0.39, 0.29) is 5.82 Å². The van der Waals surface area contributed by atoms with Gasteiger partial charge in [0.1, 0.15) is 11.4 Å². The fraction of sp³-hybridized carbons (Fsp3) is 0.286. The number of hydrogen-bond donors (Lipinski definition) is 2. The van der Waals surface area contributed by atoms with Crippen molar-refractivity contribution in [3.63, 3.8) is 0 Å². The molecule has 0 aliphatic heterocycles. The number of nitrogens with two attached hydrogens (primary N) is 2. The minimum atomic E-state index is -0.601. The maximum Gasteiger partial charge on any atom is 0.435 e. The first-order valence-corrected chi connectivity index (χ1v) is 6.21. The lowest BCUT2D eigenvalue weighted by molar-refractivity contribution is 0.0518. The molecule has 0 fully saturated rings. The smallest absolute Gasteiger partial charge is 0.435 e. The first kappa shape index (κ1) is 13.9.